The van der Waals surface area contributed by atoms with Crippen LogP contribution in [0.1, 0.15) is 49.9 Å². The number of nitrogens with zero attached hydrogens (tertiary/aromatic N) is 1. The van der Waals surface area contributed by atoms with Crippen LogP contribution in [-0.4, -0.2) is 0 Å². The highest BCUT2D eigenvalue weighted by Gasteiger charge is 2.39. The molecule has 2 nitrogen and oxygen atoms in total. The van der Waals surface area contributed by atoms with Gasteiger partial charge in [-0.25, -0.2) is 0 Å². The molecule has 2 heteroatoms. The van der Waals surface area contributed by atoms with Crippen molar-refractivity contribution in [1.82, 2.24) is 0 Å². The summed E-state index contributed by atoms with van der Waals surface area (Å²) < 4.78 is 6.99. The van der Waals surface area contributed by atoms with E-state index in [4.69, 9.17) is 4.42 Å². The lowest BCUT2D eigenvalue weighted by Gasteiger charge is -2.28. The molecule has 56 heavy (non-hydrogen) atoms. The second-order valence-corrected chi connectivity index (χ2v) is 16.5. The van der Waals surface area contributed by atoms with Crippen molar-refractivity contribution in [3.05, 3.63) is 198 Å². The summed E-state index contributed by atoms with van der Waals surface area (Å²) in [5.41, 5.74) is 20.3. The Labute approximate surface area is 328 Å². The number of rotatable bonds is 5. The first-order valence-electron chi connectivity index (χ1n) is 19.7. The van der Waals surface area contributed by atoms with Crippen molar-refractivity contribution in [3.63, 3.8) is 0 Å². The summed E-state index contributed by atoms with van der Waals surface area (Å²) in [6.45, 7) is 9.39. The van der Waals surface area contributed by atoms with Crippen LogP contribution in [0.15, 0.2) is 180 Å². The lowest BCUT2D eigenvalue weighted by atomic mass is 9.81. The van der Waals surface area contributed by atoms with Gasteiger partial charge < -0.3 is 9.32 Å². The summed E-state index contributed by atoms with van der Waals surface area (Å²) in [4.78, 5) is 2.39. The smallest absolute Gasteiger partial charge is 0.137 e. The largest absolute Gasteiger partial charge is 0.456 e. The summed E-state index contributed by atoms with van der Waals surface area (Å²) in [5.74, 6) is 0. The molecule has 0 saturated heterocycles. The van der Waals surface area contributed by atoms with Gasteiger partial charge in [0.2, 0.25) is 0 Å². The zero-order valence-corrected chi connectivity index (χ0v) is 32.1. The number of hydrogen-bond donors (Lipinski definition) is 0. The molecule has 11 rings (SSSR count). The van der Waals surface area contributed by atoms with E-state index in [1.165, 1.54) is 72.1 Å². The topological polar surface area (TPSA) is 16.4 Å². The van der Waals surface area contributed by atoms with Gasteiger partial charge in [-0.1, -0.05) is 155 Å². The third-order valence-corrected chi connectivity index (χ3v) is 12.7. The van der Waals surface area contributed by atoms with E-state index >= 15 is 0 Å². The maximum absolute atomic E-state index is 6.99. The van der Waals surface area contributed by atoms with Crippen LogP contribution in [0.4, 0.5) is 17.1 Å². The van der Waals surface area contributed by atoms with Crippen LogP contribution in [0, 0.1) is 0 Å². The van der Waals surface area contributed by atoms with Crippen LogP contribution in [0.3, 0.4) is 0 Å². The Morgan fingerprint density at radius 2 is 0.911 bits per heavy atom. The van der Waals surface area contributed by atoms with Gasteiger partial charge in [0.05, 0.1) is 0 Å². The van der Waals surface area contributed by atoms with E-state index in [-0.39, 0.29) is 10.8 Å². The molecule has 0 saturated carbocycles. The number of benzene rings is 8. The first-order chi connectivity index (χ1) is 27.3. The first-order valence-corrected chi connectivity index (χ1v) is 19.7. The minimum absolute atomic E-state index is 0.117. The van der Waals surface area contributed by atoms with E-state index in [1.807, 2.05) is 0 Å². The van der Waals surface area contributed by atoms with Crippen LogP contribution in [0.2, 0.25) is 0 Å². The molecule has 2 aliphatic carbocycles. The van der Waals surface area contributed by atoms with Gasteiger partial charge in [-0.15, -0.1) is 0 Å². The van der Waals surface area contributed by atoms with E-state index in [0.717, 1.165) is 33.6 Å². The van der Waals surface area contributed by atoms with Gasteiger partial charge in [0, 0.05) is 50.3 Å². The van der Waals surface area contributed by atoms with Crippen molar-refractivity contribution in [2.24, 2.45) is 0 Å². The SMILES string of the molecule is CC1(C)c2ccccc2-c2ccc(N(c3ccc(-c4ccccc4)cc3)c3ccc4c(c3)oc3cc5c(c(-c6ccccc6)c34)-c3ccccc3C5(C)C)cc21. The Balaban J connectivity index is 1.13. The predicted octanol–water partition coefficient (Wildman–Crippen LogP) is 15.0. The van der Waals surface area contributed by atoms with Crippen LogP contribution in [-0.2, 0) is 10.8 Å². The van der Waals surface area contributed by atoms with Gasteiger partial charge in [-0.05, 0) is 104 Å². The zero-order chi connectivity index (χ0) is 37.8. The summed E-state index contributed by atoms with van der Waals surface area (Å²) in [5, 5.41) is 2.29. The Bertz CT molecular complexity index is 3000. The van der Waals surface area contributed by atoms with Crippen molar-refractivity contribution in [3.8, 4) is 44.5 Å². The molecule has 0 atom stereocenters. The Kier molecular flexibility index (Phi) is 6.98. The van der Waals surface area contributed by atoms with E-state index < -0.39 is 0 Å². The average Bonchev–Trinajstić information content (AvgIpc) is 3.80. The molecule has 268 valence electrons. The fourth-order valence-electron chi connectivity index (χ4n) is 9.84. The maximum Gasteiger partial charge on any atom is 0.137 e. The Morgan fingerprint density at radius 3 is 1.64 bits per heavy atom. The lowest BCUT2D eigenvalue weighted by Crippen LogP contribution is -2.16. The zero-order valence-electron chi connectivity index (χ0n) is 32.1. The average molecular weight is 720 g/mol. The Hall–Kier alpha value is -6.64. The number of fused-ring (bicyclic) bond motifs is 9. The van der Waals surface area contributed by atoms with Gasteiger partial charge in [-0.3, -0.25) is 0 Å². The van der Waals surface area contributed by atoms with Gasteiger partial charge >= 0.3 is 0 Å². The minimum Gasteiger partial charge on any atom is -0.456 e. The molecule has 0 aliphatic heterocycles. The highest BCUT2D eigenvalue weighted by Crippen LogP contribution is 2.56. The van der Waals surface area contributed by atoms with Crippen molar-refractivity contribution in [2.75, 3.05) is 4.90 Å². The van der Waals surface area contributed by atoms with E-state index in [2.05, 4.69) is 209 Å². The summed E-state index contributed by atoms with van der Waals surface area (Å²) in [7, 11) is 0. The van der Waals surface area contributed by atoms with Crippen LogP contribution < -0.4 is 4.90 Å². The molecular weight excluding hydrogens is 679 g/mol. The molecule has 0 fully saturated rings. The van der Waals surface area contributed by atoms with Gasteiger partial charge in [0.1, 0.15) is 11.2 Å². The van der Waals surface area contributed by atoms with E-state index in [1.54, 1.807) is 0 Å². The highest BCUT2D eigenvalue weighted by molar-refractivity contribution is 6.18. The molecule has 1 aromatic heterocycles. The summed E-state index contributed by atoms with van der Waals surface area (Å²) >= 11 is 0. The molecule has 0 amide bonds. The van der Waals surface area contributed by atoms with Crippen molar-refractivity contribution >= 4 is 39.0 Å². The normalized spacial score (nSPS) is 14.4. The monoisotopic (exact) mass is 719 g/mol. The molecule has 0 N–H and O–H groups in total. The van der Waals surface area contributed by atoms with Gasteiger partial charge in [0.15, 0.2) is 0 Å². The molecule has 0 bridgehead atoms. The molecule has 9 aromatic rings. The molecule has 0 unspecified atom stereocenters. The quantitative estimate of drug-likeness (QED) is 0.176. The highest BCUT2D eigenvalue weighted by atomic mass is 16.3. The second-order valence-electron chi connectivity index (χ2n) is 16.5. The summed E-state index contributed by atoms with van der Waals surface area (Å²) in [6, 6.07) is 64.3. The fraction of sp³-hybridized carbons (Fsp3) is 0.111. The lowest BCUT2D eigenvalue weighted by molar-refractivity contribution is 0.647. The molecule has 8 aromatic carbocycles. The molecule has 2 aliphatic rings. The second kappa shape index (κ2) is 11.9. The third-order valence-electron chi connectivity index (χ3n) is 12.7. The van der Waals surface area contributed by atoms with E-state index in [9.17, 15) is 0 Å². The van der Waals surface area contributed by atoms with Crippen LogP contribution in [0.25, 0.3) is 66.4 Å². The molecule has 0 radical (unpaired) electrons. The van der Waals surface area contributed by atoms with Crippen molar-refractivity contribution in [2.45, 2.75) is 38.5 Å². The molecule has 1 heterocycles. The predicted molar refractivity (Wildman–Crippen MR) is 234 cm³/mol. The first kappa shape index (κ1) is 32.8. The van der Waals surface area contributed by atoms with Crippen molar-refractivity contribution < 1.29 is 4.42 Å². The van der Waals surface area contributed by atoms with E-state index in [0.29, 0.717) is 0 Å². The molecule has 0 spiro atoms. The number of hydrogen-bond acceptors (Lipinski definition) is 2. The standard InChI is InChI=1S/C54H41NO/c1-53(2)44-21-13-11-19-40(44)41-29-27-38(31-46(41)53)55(37-25-23-35(24-26-37)34-15-7-5-8-16-34)39-28-30-43-48(32-39)56-49-33-47-51(42-20-12-14-22-45(42)54(47,3)4)50(52(43)49)36-17-9-6-10-18-36/h5-33H,1-4H3. The maximum atomic E-state index is 6.99. The third kappa shape index (κ3) is 4.69. The fourth-order valence-corrected chi connectivity index (χ4v) is 9.84. The minimum atomic E-state index is -0.155. The molecular formula is C54H41NO. The van der Waals surface area contributed by atoms with Gasteiger partial charge in [0.25, 0.3) is 0 Å². The number of furan rings is 1. The summed E-state index contributed by atoms with van der Waals surface area (Å²) in [6.07, 6.45) is 0. The van der Waals surface area contributed by atoms with Crippen molar-refractivity contribution in [1.29, 1.82) is 0 Å². The number of anilines is 3. The Morgan fingerprint density at radius 1 is 0.375 bits per heavy atom. The van der Waals surface area contributed by atoms with Gasteiger partial charge in [-0.2, -0.15) is 0 Å². The van der Waals surface area contributed by atoms with Crippen LogP contribution in [0.5, 0.6) is 0 Å². The van der Waals surface area contributed by atoms with Crippen LogP contribution >= 0.6 is 0 Å².